The van der Waals surface area contributed by atoms with Crippen molar-refractivity contribution in [2.45, 2.75) is 24.8 Å². The lowest BCUT2D eigenvalue weighted by atomic mass is 10.3. The maximum absolute atomic E-state index is 12.9. The second-order valence-electron chi connectivity index (χ2n) is 5.70. The number of halogens is 1. The van der Waals surface area contributed by atoms with Gasteiger partial charge in [-0.3, -0.25) is 4.72 Å². The molecule has 140 valence electrons. The van der Waals surface area contributed by atoms with Gasteiger partial charge in [-0.05, 0) is 50.3 Å². The number of sulfonamides is 1. The Balaban J connectivity index is 2.41. The average Bonchev–Trinajstić information content (AvgIpc) is 2.56. The molecule has 0 aliphatic rings. The number of anilines is 2. The molecule has 0 aliphatic heterocycles. The van der Waals surface area contributed by atoms with Crippen LogP contribution in [-0.2, 0) is 10.0 Å². The van der Waals surface area contributed by atoms with E-state index in [9.17, 15) is 8.42 Å². The molecule has 6 nitrogen and oxygen atoms in total. The Labute approximate surface area is 163 Å². The smallest absolute Gasteiger partial charge is 0.264 e. The van der Waals surface area contributed by atoms with Crippen molar-refractivity contribution < 1.29 is 13.2 Å². The van der Waals surface area contributed by atoms with Crippen molar-refractivity contribution in [1.29, 1.82) is 0 Å². The lowest BCUT2D eigenvalue weighted by Gasteiger charge is -2.17. The third kappa shape index (κ3) is 5.23. The first-order valence-electron chi connectivity index (χ1n) is 7.76. The highest BCUT2D eigenvalue weighted by Gasteiger charge is 2.21. The summed E-state index contributed by atoms with van der Waals surface area (Å²) in [5.41, 5.74) is 0.606. The van der Waals surface area contributed by atoms with Crippen LogP contribution in [0.3, 0.4) is 0 Å². The minimum absolute atomic E-state index is 0.00956. The van der Waals surface area contributed by atoms with Crippen molar-refractivity contribution in [2.24, 2.45) is 0 Å². The zero-order chi connectivity index (χ0) is 19.3. The monoisotopic (exact) mass is 413 g/mol. The van der Waals surface area contributed by atoms with Gasteiger partial charge < -0.3 is 15.4 Å². The highest BCUT2D eigenvalue weighted by Crippen LogP contribution is 2.30. The molecule has 0 fully saturated rings. The first kappa shape index (κ1) is 20.3. The van der Waals surface area contributed by atoms with E-state index in [1.807, 2.05) is 13.8 Å². The molecule has 0 aromatic heterocycles. The third-order valence-corrected chi connectivity index (χ3v) is 5.22. The van der Waals surface area contributed by atoms with Gasteiger partial charge >= 0.3 is 0 Å². The summed E-state index contributed by atoms with van der Waals surface area (Å²) < 4.78 is 33.5. The quantitative estimate of drug-likeness (QED) is 0.624. The molecule has 3 N–H and O–H groups in total. The minimum Gasteiger partial charge on any atom is -0.497 e. The number of methoxy groups -OCH3 is 1. The first-order valence-corrected chi connectivity index (χ1v) is 10.0. The fraction of sp³-hybridized carbons (Fsp3) is 0.235. The Bertz CT molecular complexity index is 902. The standard InChI is InChI=1S/C17H20ClN3O3S2/c1-11(2)19-17(25)20-15-9-8-12(24-3)10-16(15)26(22,23)21-14-7-5-4-6-13(14)18/h4-11,21H,1-3H3,(H2,19,20,25). The van der Waals surface area contributed by atoms with E-state index < -0.39 is 10.0 Å². The van der Waals surface area contributed by atoms with Gasteiger partial charge in [-0.2, -0.15) is 0 Å². The van der Waals surface area contributed by atoms with Crippen LogP contribution in [0.4, 0.5) is 11.4 Å². The molecule has 2 aromatic carbocycles. The maximum atomic E-state index is 12.9. The van der Waals surface area contributed by atoms with Gasteiger partial charge in [0.25, 0.3) is 10.0 Å². The normalized spacial score (nSPS) is 11.1. The number of thiocarbonyl (C=S) groups is 1. The van der Waals surface area contributed by atoms with Crippen molar-refractivity contribution >= 4 is 50.3 Å². The van der Waals surface area contributed by atoms with Crippen LogP contribution in [0.15, 0.2) is 47.4 Å². The molecule has 0 aliphatic carbocycles. The summed E-state index contributed by atoms with van der Waals surface area (Å²) in [7, 11) is -2.47. The van der Waals surface area contributed by atoms with Crippen LogP contribution in [0, 0.1) is 0 Å². The van der Waals surface area contributed by atoms with E-state index in [1.165, 1.54) is 13.2 Å². The first-order chi connectivity index (χ1) is 12.2. The van der Waals surface area contributed by atoms with Gasteiger partial charge in [-0.15, -0.1) is 0 Å². The van der Waals surface area contributed by atoms with E-state index in [1.54, 1.807) is 36.4 Å². The van der Waals surface area contributed by atoms with Crippen LogP contribution in [-0.4, -0.2) is 26.7 Å². The molecular weight excluding hydrogens is 394 g/mol. The van der Waals surface area contributed by atoms with Crippen LogP contribution in [0.25, 0.3) is 0 Å². The molecule has 0 saturated carbocycles. The molecule has 26 heavy (non-hydrogen) atoms. The minimum atomic E-state index is -3.94. The predicted octanol–water partition coefficient (Wildman–Crippen LogP) is 3.84. The number of rotatable bonds is 6. The van der Waals surface area contributed by atoms with Crippen LogP contribution in [0.2, 0.25) is 5.02 Å². The summed E-state index contributed by atoms with van der Waals surface area (Å²) in [5, 5.41) is 6.54. The van der Waals surface area contributed by atoms with E-state index in [0.29, 0.717) is 21.6 Å². The second kappa shape index (κ2) is 8.57. The van der Waals surface area contributed by atoms with Crippen molar-refractivity contribution in [2.75, 3.05) is 17.1 Å². The number of ether oxygens (including phenoxy) is 1. The summed E-state index contributed by atoms with van der Waals surface area (Å²) in [6.07, 6.45) is 0. The molecule has 0 saturated heterocycles. The highest BCUT2D eigenvalue weighted by molar-refractivity contribution is 7.93. The van der Waals surface area contributed by atoms with Gasteiger partial charge in [0, 0.05) is 12.1 Å². The lowest BCUT2D eigenvalue weighted by Crippen LogP contribution is -2.34. The van der Waals surface area contributed by atoms with Gasteiger partial charge in [0.2, 0.25) is 0 Å². The molecule has 0 atom stereocenters. The van der Waals surface area contributed by atoms with Crippen LogP contribution in [0.5, 0.6) is 5.75 Å². The molecule has 0 spiro atoms. The van der Waals surface area contributed by atoms with Gasteiger partial charge in [0.1, 0.15) is 10.6 Å². The molecule has 9 heteroatoms. The number of hydrogen-bond acceptors (Lipinski definition) is 4. The van der Waals surface area contributed by atoms with E-state index in [4.69, 9.17) is 28.6 Å². The summed E-state index contributed by atoms with van der Waals surface area (Å²) in [6.45, 7) is 3.86. The summed E-state index contributed by atoms with van der Waals surface area (Å²) in [6, 6.07) is 11.4. The molecule has 0 heterocycles. The Kier molecular flexibility index (Phi) is 6.69. The van der Waals surface area contributed by atoms with Crippen molar-refractivity contribution in [3.8, 4) is 5.75 Å². The van der Waals surface area contributed by atoms with Gasteiger partial charge in [0.15, 0.2) is 5.11 Å². The SMILES string of the molecule is COc1ccc(NC(=S)NC(C)C)c(S(=O)(=O)Nc2ccccc2Cl)c1. The van der Waals surface area contributed by atoms with Crippen molar-refractivity contribution in [3.63, 3.8) is 0 Å². The number of benzene rings is 2. The topological polar surface area (TPSA) is 79.5 Å². The number of hydrogen-bond donors (Lipinski definition) is 3. The molecule has 0 radical (unpaired) electrons. The van der Waals surface area contributed by atoms with Gasteiger partial charge in [-0.25, -0.2) is 8.42 Å². The van der Waals surface area contributed by atoms with Crippen LogP contribution >= 0.6 is 23.8 Å². The lowest BCUT2D eigenvalue weighted by molar-refractivity contribution is 0.413. The zero-order valence-corrected chi connectivity index (χ0v) is 16.9. The average molecular weight is 414 g/mol. The van der Waals surface area contributed by atoms with Crippen LogP contribution < -0.4 is 20.1 Å². The van der Waals surface area contributed by atoms with Gasteiger partial charge in [0.05, 0.1) is 23.5 Å². The van der Waals surface area contributed by atoms with E-state index in [2.05, 4.69) is 15.4 Å². The summed E-state index contributed by atoms with van der Waals surface area (Å²) >= 11 is 11.3. The predicted molar refractivity (Wildman–Crippen MR) is 110 cm³/mol. The summed E-state index contributed by atoms with van der Waals surface area (Å²) in [5.74, 6) is 0.401. The number of nitrogens with one attached hydrogen (secondary N) is 3. The van der Waals surface area contributed by atoms with Gasteiger partial charge in [-0.1, -0.05) is 23.7 Å². The molecule has 2 rings (SSSR count). The Morgan fingerprint density at radius 2 is 1.85 bits per heavy atom. The fourth-order valence-electron chi connectivity index (χ4n) is 2.12. The Morgan fingerprint density at radius 1 is 1.15 bits per heavy atom. The molecule has 0 amide bonds. The molecule has 2 aromatic rings. The Morgan fingerprint density at radius 3 is 2.46 bits per heavy atom. The largest absolute Gasteiger partial charge is 0.497 e. The second-order valence-corrected chi connectivity index (χ2v) is 8.17. The Hall–Kier alpha value is -2.03. The van der Waals surface area contributed by atoms with E-state index >= 15 is 0 Å². The molecule has 0 unspecified atom stereocenters. The maximum Gasteiger partial charge on any atom is 0.264 e. The summed E-state index contributed by atoms with van der Waals surface area (Å²) in [4.78, 5) is -0.00956. The van der Waals surface area contributed by atoms with Crippen molar-refractivity contribution in [3.05, 3.63) is 47.5 Å². The zero-order valence-electron chi connectivity index (χ0n) is 14.5. The molecule has 0 bridgehead atoms. The van der Waals surface area contributed by atoms with E-state index in [0.717, 1.165) is 0 Å². The fourth-order valence-corrected chi connectivity index (χ4v) is 3.96. The van der Waals surface area contributed by atoms with E-state index in [-0.39, 0.29) is 16.6 Å². The highest BCUT2D eigenvalue weighted by atomic mass is 35.5. The molecular formula is C17H20ClN3O3S2. The van der Waals surface area contributed by atoms with Crippen LogP contribution in [0.1, 0.15) is 13.8 Å². The third-order valence-electron chi connectivity index (χ3n) is 3.26. The van der Waals surface area contributed by atoms with Crippen molar-refractivity contribution in [1.82, 2.24) is 5.32 Å². The number of para-hydroxylation sites is 1.